The van der Waals surface area contributed by atoms with Gasteiger partial charge in [-0.1, -0.05) is 0 Å². The molecule has 2 fully saturated rings. The Bertz CT molecular complexity index is 1220. The number of hydrogen-bond donors (Lipinski definition) is 2. The molecule has 0 radical (unpaired) electrons. The molecule has 9 nitrogen and oxygen atoms in total. The molecule has 0 bridgehead atoms. The van der Waals surface area contributed by atoms with Crippen molar-refractivity contribution in [2.45, 2.75) is 63.6 Å². The number of hydrogen-bond acceptors (Lipinski definition) is 6. The molecule has 1 amide bonds. The second-order valence-corrected chi connectivity index (χ2v) is 9.14. The van der Waals surface area contributed by atoms with Gasteiger partial charge < -0.3 is 15.8 Å². The second kappa shape index (κ2) is 7.54. The van der Waals surface area contributed by atoms with E-state index in [1.807, 2.05) is 18.4 Å². The van der Waals surface area contributed by atoms with Gasteiger partial charge in [0.1, 0.15) is 11.3 Å². The Hall–Kier alpha value is -3.01. The summed E-state index contributed by atoms with van der Waals surface area (Å²) in [4.78, 5) is 34.0. The van der Waals surface area contributed by atoms with E-state index < -0.39 is 17.3 Å². The second-order valence-electron chi connectivity index (χ2n) is 9.14. The number of amides is 1. The van der Waals surface area contributed by atoms with Crippen LogP contribution in [-0.4, -0.2) is 43.8 Å². The van der Waals surface area contributed by atoms with Crippen LogP contribution in [0.2, 0.25) is 0 Å². The fourth-order valence-electron chi connectivity index (χ4n) is 4.64. The largest absolute Gasteiger partial charge is 0.381 e. The summed E-state index contributed by atoms with van der Waals surface area (Å²) in [6, 6.07) is 0.216. The number of aromatic nitrogens is 4. The maximum Gasteiger partial charge on any atom is 0.330 e. The number of nitrogens with zero attached hydrogens (tertiary/aromatic N) is 4. The first-order valence-electron chi connectivity index (χ1n) is 11.0. The van der Waals surface area contributed by atoms with Crippen LogP contribution in [0.1, 0.15) is 58.0 Å². The number of halogens is 1. The van der Waals surface area contributed by atoms with Crippen LogP contribution in [0.3, 0.4) is 0 Å². The molecule has 0 spiro atoms. The van der Waals surface area contributed by atoms with Crippen LogP contribution in [0.15, 0.2) is 34.0 Å². The van der Waals surface area contributed by atoms with Crippen LogP contribution < -0.4 is 16.7 Å². The fraction of sp³-hybridized carbons (Fsp3) is 0.545. The van der Waals surface area contributed by atoms with Crippen molar-refractivity contribution in [1.82, 2.24) is 19.1 Å². The Morgan fingerprint density at radius 3 is 2.59 bits per heavy atom. The van der Waals surface area contributed by atoms with Gasteiger partial charge in [0.15, 0.2) is 5.65 Å². The number of primary amides is 1. The predicted molar refractivity (Wildman–Crippen MR) is 117 cm³/mol. The quantitative estimate of drug-likeness (QED) is 0.735. The Morgan fingerprint density at radius 1 is 1.25 bits per heavy atom. The van der Waals surface area contributed by atoms with E-state index in [1.54, 1.807) is 10.8 Å². The number of rotatable bonds is 5. The molecule has 2 aromatic rings. The van der Waals surface area contributed by atoms with Gasteiger partial charge in [0, 0.05) is 31.7 Å². The molecule has 1 unspecified atom stereocenters. The van der Waals surface area contributed by atoms with Gasteiger partial charge in [-0.15, -0.1) is 0 Å². The number of anilines is 1. The molecule has 1 atom stereocenters. The molecule has 3 heterocycles. The average molecular weight is 442 g/mol. The molecular weight excluding hydrogens is 415 g/mol. The molecule has 3 N–H and O–H groups in total. The van der Waals surface area contributed by atoms with Gasteiger partial charge in [0.25, 0.3) is 5.91 Å². The van der Waals surface area contributed by atoms with Crippen molar-refractivity contribution < 1.29 is 13.9 Å². The van der Waals surface area contributed by atoms with Crippen LogP contribution in [0, 0.1) is 0 Å². The minimum Gasteiger partial charge on any atom is -0.381 e. The van der Waals surface area contributed by atoms with Gasteiger partial charge in [0.05, 0.1) is 17.3 Å². The molecule has 0 aromatic carbocycles. The Kier molecular flexibility index (Phi) is 4.92. The van der Waals surface area contributed by atoms with Gasteiger partial charge in [0.2, 0.25) is 5.95 Å². The van der Waals surface area contributed by atoms with Crippen molar-refractivity contribution in [3.05, 3.63) is 39.7 Å². The number of nitrogens with one attached hydrogen (secondary N) is 1. The third-order valence-corrected chi connectivity index (χ3v) is 6.80. The minimum absolute atomic E-state index is 0.0203. The van der Waals surface area contributed by atoms with Crippen molar-refractivity contribution in [1.29, 1.82) is 0 Å². The summed E-state index contributed by atoms with van der Waals surface area (Å²) in [7, 11) is 0. The lowest BCUT2D eigenvalue weighted by Crippen LogP contribution is -2.39. The lowest BCUT2D eigenvalue weighted by molar-refractivity contribution is -0.114. The average Bonchev–Trinajstić information content (AvgIpc) is 3.54. The van der Waals surface area contributed by atoms with E-state index in [1.165, 1.54) is 6.08 Å². The lowest BCUT2D eigenvalue weighted by atomic mass is 9.82. The molecule has 5 rings (SSSR count). The molecule has 32 heavy (non-hydrogen) atoms. The summed E-state index contributed by atoms with van der Waals surface area (Å²) in [5, 5.41) is 3.23. The lowest BCUT2D eigenvalue weighted by Gasteiger charge is -2.34. The summed E-state index contributed by atoms with van der Waals surface area (Å²) < 4.78 is 23.6. The maximum absolute atomic E-state index is 14.6. The molecule has 1 aliphatic heterocycles. The first-order chi connectivity index (χ1) is 15.3. The topological polar surface area (TPSA) is 117 Å². The number of carbonyl (C=O) groups is 1. The van der Waals surface area contributed by atoms with Crippen LogP contribution >= 0.6 is 0 Å². The zero-order valence-electron chi connectivity index (χ0n) is 18.2. The Balaban J connectivity index is 1.54. The Morgan fingerprint density at radius 2 is 1.94 bits per heavy atom. The molecular formula is C22H27FN6O3. The maximum atomic E-state index is 14.6. The van der Waals surface area contributed by atoms with Gasteiger partial charge >= 0.3 is 5.69 Å². The van der Waals surface area contributed by atoms with E-state index in [2.05, 4.69) is 10.3 Å². The first kappa shape index (κ1) is 20.9. The minimum atomic E-state index is -0.834. The summed E-state index contributed by atoms with van der Waals surface area (Å²) >= 11 is 0. The number of fused-ring (bicyclic) bond motifs is 1. The molecule has 2 aromatic heterocycles. The molecule has 3 aliphatic rings. The van der Waals surface area contributed by atoms with Crippen molar-refractivity contribution in [3.63, 3.8) is 0 Å². The highest BCUT2D eigenvalue weighted by molar-refractivity contribution is 5.96. The normalized spacial score (nSPS) is 24.7. The van der Waals surface area contributed by atoms with E-state index in [9.17, 15) is 14.0 Å². The standard InChI is InChI=1S/C22H27FN6O3/c1-12-9-15(18(24)30)16(23)10-22(12,2)27-20-25-11-17-19(26-20)29(14-5-7-32-8-6-14)21(31)28(17)13-3-4-13/h9,11,13-14H,3-8,10H2,1-2H3,(H2,24,30)(H,25,26,27). The number of ether oxygens (including phenoxy) is 1. The third-order valence-electron chi connectivity index (χ3n) is 6.80. The van der Waals surface area contributed by atoms with Crippen molar-refractivity contribution in [2.75, 3.05) is 18.5 Å². The highest BCUT2D eigenvalue weighted by Crippen LogP contribution is 2.38. The zero-order chi connectivity index (χ0) is 22.6. The van der Waals surface area contributed by atoms with Crippen LogP contribution in [-0.2, 0) is 9.53 Å². The molecule has 170 valence electrons. The highest BCUT2D eigenvalue weighted by Gasteiger charge is 2.36. The van der Waals surface area contributed by atoms with Gasteiger partial charge in [-0.25, -0.2) is 14.2 Å². The predicted octanol–water partition coefficient (Wildman–Crippen LogP) is 2.51. The van der Waals surface area contributed by atoms with Crippen LogP contribution in [0.4, 0.5) is 10.3 Å². The van der Waals surface area contributed by atoms with E-state index >= 15 is 0 Å². The van der Waals surface area contributed by atoms with Gasteiger partial charge in [-0.3, -0.25) is 13.9 Å². The SMILES string of the molecule is CC1=CC(C(N)=O)=C(F)CC1(C)Nc1ncc2c(n1)n(C1CCOCC1)c(=O)n2C1CC1. The molecule has 10 heteroatoms. The van der Waals surface area contributed by atoms with Gasteiger partial charge in [-0.2, -0.15) is 4.98 Å². The monoisotopic (exact) mass is 442 g/mol. The van der Waals surface area contributed by atoms with Crippen LogP contribution in [0.25, 0.3) is 11.2 Å². The first-order valence-corrected chi connectivity index (χ1v) is 11.0. The third kappa shape index (κ3) is 3.42. The number of imidazole rings is 1. The highest BCUT2D eigenvalue weighted by atomic mass is 19.1. The van der Waals surface area contributed by atoms with E-state index in [0.717, 1.165) is 36.8 Å². The summed E-state index contributed by atoms with van der Waals surface area (Å²) in [5.74, 6) is -1.06. The number of carbonyl (C=O) groups excluding carboxylic acids is 1. The summed E-state index contributed by atoms with van der Waals surface area (Å²) in [6.45, 7) is 4.85. The summed E-state index contributed by atoms with van der Waals surface area (Å²) in [5.41, 5.74) is 6.34. The summed E-state index contributed by atoms with van der Waals surface area (Å²) in [6.07, 6.45) is 6.54. The van der Waals surface area contributed by atoms with E-state index in [0.29, 0.717) is 24.8 Å². The Labute approximate surface area is 184 Å². The van der Waals surface area contributed by atoms with Crippen molar-refractivity contribution in [2.24, 2.45) is 5.73 Å². The van der Waals surface area contributed by atoms with Crippen molar-refractivity contribution >= 4 is 23.0 Å². The van der Waals surface area contributed by atoms with Crippen molar-refractivity contribution in [3.8, 4) is 0 Å². The molecule has 1 saturated heterocycles. The smallest absolute Gasteiger partial charge is 0.330 e. The van der Waals surface area contributed by atoms with E-state index in [-0.39, 0.29) is 29.8 Å². The van der Waals surface area contributed by atoms with E-state index in [4.69, 9.17) is 15.5 Å². The van der Waals surface area contributed by atoms with Gasteiger partial charge in [-0.05, 0) is 51.2 Å². The number of nitrogens with two attached hydrogens (primary N) is 1. The zero-order valence-corrected chi connectivity index (χ0v) is 18.2. The fourth-order valence-corrected chi connectivity index (χ4v) is 4.64. The molecule has 2 aliphatic carbocycles. The molecule has 1 saturated carbocycles. The van der Waals surface area contributed by atoms with Crippen LogP contribution in [0.5, 0.6) is 0 Å².